The van der Waals surface area contributed by atoms with Gasteiger partial charge in [0.15, 0.2) is 0 Å². The number of alkyl halides is 5. The van der Waals surface area contributed by atoms with Crippen LogP contribution in [-0.2, 0) is 9.53 Å². The number of rotatable bonds is 6. The number of nitrogens with zero attached hydrogens (tertiary/aromatic N) is 1. The van der Waals surface area contributed by atoms with E-state index in [0.29, 0.717) is 15.9 Å². The zero-order valence-corrected chi connectivity index (χ0v) is 18.2. The largest absolute Gasteiger partial charge is 0.466 e. The molecule has 3 aromatic rings. The lowest BCUT2D eigenvalue weighted by atomic mass is 10.2. The van der Waals surface area contributed by atoms with Crippen LogP contribution in [0, 0.1) is 0 Å². The van der Waals surface area contributed by atoms with Gasteiger partial charge >= 0.3 is 18.1 Å². The molecule has 0 saturated heterocycles. The Balaban J connectivity index is 2.54. The van der Waals surface area contributed by atoms with Crippen molar-refractivity contribution >= 4 is 28.9 Å². The first-order valence-electron chi connectivity index (χ1n) is 9.67. The summed E-state index contributed by atoms with van der Waals surface area (Å²) in [6.07, 6.45) is -5.87. The standard InChI is InChI=1S/C24H19F5NO2P/c1-32-22(31)17-21(23(25,26)24(27,28)29)30-33(18-11-5-2-6-12-18,19-13-7-3-8-14-19)20-15-9-4-10-16-20/h2-17H,1H3/b21-17-. The maximum Gasteiger partial charge on any atom is 0.459 e. The molecule has 3 nitrogen and oxygen atoms in total. The molecule has 0 saturated carbocycles. The van der Waals surface area contributed by atoms with Crippen LogP contribution in [0.2, 0.25) is 0 Å². The molecule has 0 spiro atoms. The minimum Gasteiger partial charge on any atom is -0.466 e. The van der Waals surface area contributed by atoms with E-state index < -0.39 is 30.8 Å². The summed E-state index contributed by atoms with van der Waals surface area (Å²) in [6.45, 7) is 0. The van der Waals surface area contributed by atoms with Crippen molar-refractivity contribution in [2.45, 2.75) is 12.1 Å². The van der Waals surface area contributed by atoms with Crippen molar-refractivity contribution in [3.05, 3.63) is 103 Å². The van der Waals surface area contributed by atoms with Crippen molar-refractivity contribution in [2.75, 3.05) is 7.11 Å². The number of esters is 1. The van der Waals surface area contributed by atoms with Crippen molar-refractivity contribution in [1.82, 2.24) is 0 Å². The number of hydrogen-bond donors (Lipinski definition) is 0. The van der Waals surface area contributed by atoms with E-state index in [1.54, 1.807) is 91.0 Å². The van der Waals surface area contributed by atoms with Gasteiger partial charge in [0.2, 0.25) is 0 Å². The highest BCUT2D eigenvalue weighted by Crippen LogP contribution is 2.52. The molecular weight excluding hydrogens is 460 g/mol. The minimum absolute atomic E-state index is 0.108. The van der Waals surface area contributed by atoms with Gasteiger partial charge in [0.05, 0.1) is 20.2 Å². The van der Waals surface area contributed by atoms with Gasteiger partial charge in [-0.15, -0.1) is 0 Å². The van der Waals surface area contributed by atoms with Crippen molar-refractivity contribution in [3.8, 4) is 0 Å². The molecule has 0 radical (unpaired) electrons. The first kappa shape index (κ1) is 24.4. The number of carbonyl (C=O) groups is 1. The molecule has 0 aliphatic heterocycles. The molecule has 0 amide bonds. The van der Waals surface area contributed by atoms with Crippen LogP contribution < -0.4 is 15.9 Å². The maximum atomic E-state index is 14.7. The molecule has 172 valence electrons. The first-order chi connectivity index (χ1) is 15.6. The van der Waals surface area contributed by atoms with E-state index in [4.69, 9.17) is 0 Å². The highest BCUT2D eigenvalue weighted by atomic mass is 31.2. The number of hydrogen-bond acceptors (Lipinski definition) is 3. The topological polar surface area (TPSA) is 38.7 Å². The summed E-state index contributed by atoms with van der Waals surface area (Å²) >= 11 is 0. The number of ether oxygens (including phenoxy) is 1. The minimum atomic E-state index is -5.98. The van der Waals surface area contributed by atoms with Crippen LogP contribution in [0.4, 0.5) is 22.0 Å². The molecule has 0 bridgehead atoms. The Hall–Kier alpha value is -3.25. The van der Waals surface area contributed by atoms with Gasteiger partial charge in [0.25, 0.3) is 0 Å². The van der Waals surface area contributed by atoms with Gasteiger partial charge < -0.3 is 4.74 Å². The quantitative estimate of drug-likeness (QED) is 0.205. The normalized spacial score (nSPS) is 12.8. The van der Waals surface area contributed by atoms with Crippen molar-refractivity contribution in [2.24, 2.45) is 4.74 Å². The second-order valence-electron chi connectivity index (χ2n) is 6.87. The Morgan fingerprint density at radius 2 is 1.12 bits per heavy atom. The summed E-state index contributed by atoms with van der Waals surface area (Å²) in [5, 5.41) is 1.32. The second kappa shape index (κ2) is 9.71. The second-order valence-corrected chi connectivity index (χ2v) is 9.89. The van der Waals surface area contributed by atoms with Gasteiger partial charge in [-0.2, -0.15) is 22.0 Å². The molecule has 0 aliphatic carbocycles. The molecule has 0 fully saturated rings. The van der Waals surface area contributed by atoms with Crippen LogP contribution in [-0.4, -0.2) is 25.2 Å². The Morgan fingerprint density at radius 3 is 1.42 bits per heavy atom. The number of methoxy groups -OCH3 is 1. The third-order valence-corrected chi connectivity index (χ3v) is 8.43. The lowest BCUT2D eigenvalue weighted by Crippen LogP contribution is -2.38. The molecule has 3 rings (SSSR count). The van der Waals surface area contributed by atoms with Crippen LogP contribution in [0.15, 0.2) is 108 Å². The van der Waals surface area contributed by atoms with Crippen molar-refractivity contribution in [1.29, 1.82) is 0 Å². The number of halogens is 5. The van der Waals surface area contributed by atoms with E-state index in [0.717, 1.165) is 7.11 Å². The van der Waals surface area contributed by atoms with Crippen LogP contribution >= 0.6 is 7.05 Å². The maximum absolute atomic E-state index is 14.7. The van der Waals surface area contributed by atoms with Crippen LogP contribution in [0.5, 0.6) is 0 Å². The van der Waals surface area contributed by atoms with Gasteiger partial charge in [0, 0.05) is 15.9 Å². The molecule has 0 aromatic heterocycles. The summed E-state index contributed by atoms with van der Waals surface area (Å²) in [6, 6.07) is 24.7. The summed E-state index contributed by atoms with van der Waals surface area (Å²) in [5.41, 5.74) is -1.72. The van der Waals surface area contributed by atoms with E-state index >= 15 is 0 Å². The Morgan fingerprint density at radius 1 is 0.758 bits per heavy atom. The number of allylic oxidation sites excluding steroid dienone is 1. The average Bonchev–Trinajstić information content (AvgIpc) is 2.82. The third kappa shape index (κ3) is 4.91. The molecule has 33 heavy (non-hydrogen) atoms. The Labute approximate surface area is 187 Å². The lowest BCUT2D eigenvalue weighted by molar-refractivity contribution is -0.264. The summed E-state index contributed by atoms with van der Waals surface area (Å²) in [7, 11) is -2.59. The predicted molar refractivity (Wildman–Crippen MR) is 119 cm³/mol. The molecule has 0 heterocycles. The van der Waals surface area contributed by atoms with E-state index in [1.807, 2.05) is 0 Å². The molecule has 3 aromatic carbocycles. The van der Waals surface area contributed by atoms with Crippen LogP contribution in [0.25, 0.3) is 0 Å². The van der Waals surface area contributed by atoms with Gasteiger partial charge in [-0.05, 0) is 0 Å². The predicted octanol–water partition coefficient (Wildman–Crippen LogP) is 5.42. The fourth-order valence-electron chi connectivity index (χ4n) is 3.21. The highest BCUT2D eigenvalue weighted by molar-refractivity contribution is 7.87. The summed E-state index contributed by atoms with van der Waals surface area (Å²) in [5.74, 6) is -6.77. The zero-order valence-electron chi connectivity index (χ0n) is 17.3. The fourth-order valence-corrected chi connectivity index (χ4v) is 6.77. The monoisotopic (exact) mass is 479 g/mol. The Bertz CT molecular complexity index is 1070. The zero-order chi connectivity index (χ0) is 24.1. The fraction of sp³-hybridized carbons (Fsp3) is 0.125. The first-order valence-corrected chi connectivity index (χ1v) is 11.4. The number of benzene rings is 3. The number of carbonyl (C=O) groups excluding carboxylic acids is 1. The summed E-state index contributed by atoms with van der Waals surface area (Å²) < 4.78 is 78.2. The van der Waals surface area contributed by atoms with Crippen LogP contribution in [0.3, 0.4) is 0 Å². The van der Waals surface area contributed by atoms with E-state index in [2.05, 4.69) is 9.48 Å². The molecule has 0 atom stereocenters. The lowest BCUT2D eigenvalue weighted by Gasteiger charge is -2.29. The van der Waals surface area contributed by atoms with Crippen molar-refractivity contribution in [3.63, 3.8) is 0 Å². The molecule has 0 aliphatic rings. The molecule has 0 N–H and O–H groups in total. The van der Waals surface area contributed by atoms with Crippen LogP contribution in [0.1, 0.15) is 0 Å². The highest BCUT2D eigenvalue weighted by Gasteiger charge is 2.61. The summed E-state index contributed by atoms with van der Waals surface area (Å²) in [4.78, 5) is 11.8. The SMILES string of the molecule is COC(=O)/C=C(\N=P(c1ccccc1)(c1ccccc1)c1ccccc1)C(F)(F)C(F)(F)F. The molecular formula is C24H19F5NO2P. The smallest absolute Gasteiger partial charge is 0.459 e. The van der Waals surface area contributed by atoms with E-state index in [9.17, 15) is 26.7 Å². The van der Waals surface area contributed by atoms with Crippen molar-refractivity contribution < 1.29 is 31.5 Å². The third-order valence-electron chi connectivity index (χ3n) is 4.78. The van der Waals surface area contributed by atoms with E-state index in [1.165, 1.54) is 0 Å². The van der Waals surface area contributed by atoms with E-state index in [-0.39, 0.29) is 6.08 Å². The molecule has 9 heteroatoms. The average molecular weight is 479 g/mol. The van der Waals surface area contributed by atoms with Gasteiger partial charge in [-0.3, -0.25) is 4.74 Å². The molecule has 0 unspecified atom stereocenters. The Kier molecular flexibility index (Phi) is 7.18. The van der Waals surface area contributed by atoms with Gasteiger partial charge in [0.1, 0.15) is 5.70 Å². The van der Waals surface area contributed by atoms with Gasteiger partial charge in [-0.25, -0.2) is 4.79 Å². The van der Waals surface area contributed by atoms with Gasteiger partial charge in [-0.1, -0.05) is 91.0 Å².